The van der Waals surface area contributed by atoms with Gasteiger partial charge in [-0.05, 0) is 18.2 Å². The molecule has 0 aliphatic carbocycles. The number of benzene rings is 1. The normalized spacial score (nSPS) is 9.67. The summed E-state index contributed by atoms with van der Waals surface area (Å²) in [7, 11) is 2.38. The van der Waals surface area contributed by atoms with E-state index in [2.05, 4.69) is 19.5 Å². The summed E-state index contributed by atoms with van der Waals surface area (Å²) in [5.41, 5.74) is 0.289. The number of nitrogens with one attached hydrogen (secondary N) is 1. The lowest BCUT2D eigenvalue weighted by atomic mass is 10.1. The molecule has 0 aliphatic heterocycles. The van der Waals surface area contributed by atoms with E-state index in [0.29, 0.717) is 0 Å². The van der Waals surface area contributed by atoms with E-state index >= 15 is 0 Å². The third-order valence-corrected chi connectivity index (χ3v) is 2.35. The molecule has 1 amide bonds. The molecule has 8 heteroatoms. The Morgan fingerprint density at radius 1 is 1.05 bits per heavy atom. The fourth-order valence-electron chi connectivity index (χ4n) is 1.46. The number of hydrogen-bond donors (Lipinski definition) is 2. The van der Waals surface area contributed by atoms with Crippen LogP contribution >= 0.6 is 0 Å². The number of carbonyl (C=O) groups is 3. The van der Waals surface area contributed by atoms with Crippen molar-refractivity contribution >= 4 is 23.7 Å². The quantitative estimate of drug-likeness (QED) is 0.610. The fraction of sp³-hybridized carbons (Fsp3) is 0.308. The summed E-state index contributed by atoms with van der Waals surface area (Å²) in [6.45, 7) is -0.491. The van der Waals surface area contributed by atoms with Crippen molar-refractivity contribution in [1.82, 2.24) is 0 Å². The molecule has 0 saturated heterocycles. The fourth-order valence-corrected chi connectivity index (χ4v) is 1.46. The third kappa shape index (κ3) is 4.77. The summed E-state index contributed by atoms with van der Waals surface area (Å²) in [6, 6.07) is 3.92. The van der Waals surface area contributed by atoms with Crippen LogP contribution in [0.15, 0.2) is 18.2 Å². The number of esters is 2. The van der Waals surface area contributed by atoms with Crippen molar-refractivity contribution in [3.8, 4) is 0 Å². The van der Waals surface area contributed by atoms with Crippen LogP contribution in [0.2, 0.25) is 0 Å². The molecule has 0 spiro atoms. The number of methoxy groups -OCH3 is 2. The van der Waals surface area contributed by atoms with Gasteiger partial charge < -0.3 is 19.3 Å². The predicted octanol–water partition coefficient (Wildman–Crippen LogP) is 0.801. The highest BCUT2D eigenvalue weighted by atomic mass is 16.6. The zero-order valence-electron chi connectivity index (χ0n) is 11.5. The van der Waals surface area contributed by atoms with Crippen molar-refractivity contribution in [2.24, 2.45) is 0 Å². The zero-order chi connectivity index (χ0) is 15.8. The second-order valence-electron chi connectivity index (χ2n) is 3.77. The van der Waals surface area contributed by atoms with Crippen LogP contribution in [0, 0.1) is 0 Å². The largest absolute Gasteiger partial charge is 0.465 e. The van der Waals surface area contributed by atoms with Crippen LogP contribution in [0.25, 0.3) is 0 Å². The Kier molecular flexibility index (Phi) is 6.15. The Bertz CT molecular complexity index is 507. The van der Waals surface area contributed by atoms with Crippen molar-refractivity contribution in [2.45, 2.75) is 0 Å². The van der Waals surface area contributed by atoms with Crippen molar-refractivity contribution in [3.05, 3.63) is 29.3 Å². The van der Waals surface area contributed by atoms with Gasteiger partial charge in [-0.25, -0.2) is 14.4 Å². The molecule has 0 aliphatic rings. The van der Waals surface area contributed by atoms with E-state index in [1.807, 2.05) is 0 Å². The Hall–Kier alpha value is -2.61. The van der Waals surface area contributed by atoms with Gasteiger partial charge >= 0.3 is 18.0 Å². The lowest BCUT2D eigenvalue weighted by Gasteiger charge is -2.09. The molecule has 0 atom stereocenters. The first-order valence-corrected chi connectivity index (χ1v) is 5.88. The molecule has 114 valence electrons. The van der Waals surface area contributed by atoms with Gasteiger partial charge in [0.05, 0.1) is 32.0 Å². The standard InChI is InChI=1S/C13H15NO7/c1-19-11(16)8-5-9(12(17)20-2)7-10(6-8)14-13(18)21-4-3-15/h5-7,15H,3-4H2,1-2H3,(H,14,18). The number of hydrogen-bond acceptors (Lipinski definition) is 7. The minimum absolute atomic E-state index is 0.0675. The molecule has 0 saturated carbocycles. The minimum Gasteiger partial charge on any atom is -0.465 e. The van der Waals surface area contributed by atoms with Crippen LogP contribution in [-0.2, 0) is 14.2 Å². The zero-order valence-corrected chi connectivity index (χ0v) is 11.5. The van der Waals surface area contributed by atoms with Crippen molar-refractivity contribution in [1.29, 1.82) is 0 Å². The van der Waals surface area contributed by atoms with Crippen molar-refractivity contribution in [3.63, 3.8) is 0 Å². The molecular weight excluding hydrogens is 282 g/mol. The highest BCUT2D eigenvalue weighted by Gasteiger charge is 2.15. The van der Waals surface area contributed by atoms with E-state index < -0.39 is 18.0 Å². The third-order valence-electron chi connectivity index (χ3n) is 2.35. The molecule has 1 aromatic carbocycles. The van der Waals surface area contributed by atoms with Crippen LogP contribution in [-0.4, -0.2) is 50.6 Å². The highest BCUT2D eigenvalue weighted by molar-refractivity contribution is 5.98. The first kappa shape index (κ1) is 16.4. The molecule has 0 fully saturated rings. The number of aliphatic hydroxyl groups is 1. The molecule has 0 radical (unpaired) electrons. The monoisotopic (exact) mass is 297 g/mol. The summed E-state index contributed by atoms with van der Waals surface area (Å²) in [6.07, 6.45) is -0.832. The smallest absolute Gasteiger partial charge is 0.411 e. The maximum Gasteiger partial charge on any atom is 0.411 e. The molecular formula is C13H15NO7. The van der Waals surface area contributed by atoms with Crippen LogP contribution in [0.5, 0.6) is 0 Å². The van der Waals surface area contributed by atoms with Gasteiger partial charge in [-0.2, -0.15) is 0 Å². The summed E-state index contributed by atoms with van der Waals surface area (Å²) in [4.78, 5) is 34.5. The van der Waals surface area contributed by atoms with Crippen LogP contribution < -0.4 is 5.32 Å². The number of amides is 1. The number of anilines is 1. The van der Waals surface area contributed by atoms with Gasteiger partial charge in [0.25, 0.3) is 0 Å². The van der Waals surface area contributed by atoms with Gasteiger partial charge in [-0.1, -0.05) is 0 Å². The summed E-state index contributed by atoms with van der Waals surface area (Å²) in [5.74, 6) is -1.35. The topological polar surface area (TPSA) is 111 Å². The van der Waals surface area contributed by atoms with Crippen LogP contribution in [0.1, 0.15) is 20.7 Å². The number of aliphatic hydroxyl groups excluding tert-OH is 1. The van der Waals surface area contributed by atoms with E-state index in [9.17, 15) is 14.4 Å². The molecule has 0 heterocycles. The molecule has 2 N–H and O–H groups in total. The van der Waals surface area contributed by atoms with E-state index in [-0.39, 0.29) is 30.0 Å². The van der Waals surface area contributed by atoms with Crippen LogP contribution in [0.3, 0.4) is 0 Å². The van der Waals surface area contributed by atoms with E-state index in [0.717, 1.165) is 0 Å². The van der Waals surface area contributed by atoms with Gasteiger partial charge in [-0.3, -0.25) is 5.32 Å². The summed E-state index contributed by atoms with van der Waals surface area (Å²) >= 11 is 0. The number of carbonyl (C=O) groups excluding carboxylic acids is 3. The second-order valence-corrected chi connectivity index (χ2v) is 3.77. The first-order valence-electron chi connectivity index (χ1n) is 5.88. The van der Waals surface area contributed by atoms with Gasteiger partial charge in [0, 0.05) is 5.69 Å². The van der Waals surface area contributed by atoms with Gasteiger partial charge in [-0.15, -0.1) is 0 Å². The molecule has 0 bridgehead atoms. The lowest BCUT2D eigenvalue weighted by Crippen LogP contribution is -2.17. The molecule has 0 unspecified atom stereocenters. The second kappa shape index (κ2) is 7.85. The van der Waals surface area contributed by atoms with E-state index in [4.69, 9.17) is 5.11 Å². The van der Waals surface area contributed by atoms with Crippen LogP contribution in [0.4, 0.5) is 10.5 Å². The van der Waals surface area contributed by atoms with Gasteiger partial charge in [0.15, 0.2) is 0 Å². The lowest BCUT2D eigenvalue weighted by molar-refractivity contribution is 0.0599. The minimum atomic E-state index is -0.832. The maximum atomic E-state index is 11.5. The molecule has 21 heavy (non-hydrogen) atoms. The SMILES string of the molecule is COC(=O)c1cc(NC(=O)OCCO)cc(C(=O)OC)c1. The molecule has 0 aromatic heterocycles. The number of ether oxygens (including phenoxy) is 3. The highest BCUT2D eigenvalue weighted by Crippen LogP contribution is 2.17. The maximum absolute atomic E-state index is 11.5. The van der Waals surface area contributed by atoms with Gasteiger partial charge in [0.1, 0.15) is 6.61 Å². The Morgan fingerprint density at radius 3 is 2.00 bits per heavy atom. The van der Waals surface area contributed by atoms with Gasteiger partial charge in [0.2, 0.25) is 0 Å². The molecule has 8 nitrogen and oxygen atoms in total. The Labute approximate surface area is 120 Å². The summed E-state index contributed by atoms with van der Waals surface area (Å²) < 4.78 is 13.7. The molecule has 1 rings (SSSR count). The predicted molar refractivity (Wildman–Crippen MR) is 71.2 cm³/mol. The average Bonchev–Trinajstić information content (AvgIpc) is 2.50. The first-order chi connectivity index (χ1) is 10.0. The molecule has 1 aromatic rings. The summed E-state index contributed by atoms with van der Waals surface area (Å²) in [5, 5.41) is 10.9. The average molecular weight is 297 g/mol. The Morgan fingerprint density at radius 2 is 1.57 bits per heavy atom. The Balaban J connectivity index is 3.04. The van der Waals surface area contributed by atoms with Crippen molar-refractivity contribution in [2.75, 3.05) is 32.8 Å². The van der Waals surface area contributed by atoms with E-state index in [1.165, 1.54) is 32.4 Å². The number of rotatable bonds is 5. The van der Waals surface area contributed by atoms with Crippen molar-refractivity contribution < 1.29 is 33.7 Å². The van der Waals surface area contributed by atoms with E-state index in [1.54, 1.807) is 0 Å².